The van der Waals surface area contributed by atoms with Crippen LogP contribution in [0.5, 0.6) is 5.75 Å². The molecule has 1 fully saturated rings. The lowest BCUT2D eigenvalue weighted by molar-refractivity contribution is -0.274. The molecule has 2 heterocycles. The summed E-state index contributed by atoms with van der Waals surface area (Å²) in [6, 6.07) is 3.01. The van der Waals surface area contributed by atoms with Gasteiger partial charge in [0.15, 0.2) is 5.75 Å². The first kappa shape index (κ1) is 13.1. The Kier molecular flexibility index (Phi) is 3.19. The number of rotatable bonds is 2. The summed E-state index contributed by atoms with van der Waals surface area (Å²) in [5, 5.41) is 0. The van der Waals surface area contributed by atoms with Crippen molar-refractivity contribution in [3.8, 4) is 5.75 Å². The highest BCUT2D eigenvalue weighted by Crippen LogP contribution is 2.36. The monoisotopic (exact) mass is 285 g/mol. The summed E-state index contributed by atoms with van der Waals surface area (Å²) in [7, 11) is 0. The second kappa shape index (κ2) is 4.88. The number of ether oxygens (including phenoxy) is 1. The van der Waals surface area contributed by atoms with Crippen molar-refractivity contribution in [2.24, 2.45) is 0 Å². The minimum Gasteiger partial charge on any atom is -0.403 e. The van der Waals surface area contributed by atoms with E-state index in [-0.39, 0.29) is 5.75 Å². The van der Waals surface area contributed by atoms with Crippen LogP contribution in [0, 0.1) is 0 Å². The molecule has 0 saturated carbocycles. The number of nitrogens with one attached hydrogen (secondary N) is 1. The molecular weight excluding hydrogens is 271 g/mol. The van der Waals surface area contributed by atoms with Gasteiger partial charge < -0.3 is 14.6 Å². The second-order valence-electron chi connectivity index (χ2n) is 4.84. The van der Waals surface area contributed by atoms with Crippen LogP contribution in [0.25, 0.3) is 11.0 Å². The molecule has 1 aliphatic rings. The normalized spacial score (nSPS) is 16.6. The van der Waals surface area contributed by atoms with Crippen molar-refractivity contribution in [1.82, 2.24) is 9.97 Å². The van der Waals surface area contributed by atoms with Gasteiger partial charge in [0.05, 0.1) is 23.0 Å². The van der Waals surface area contributed by atoms with Crippen LogP contribution in [-0.2, 0) is 0 Å². The third-order valence-electron chi connectivity index (χ3n) is 3.42. The number of fused-ring (bicyclic) bond motifs is 1. The minimum absolute atomic E-state index is 0.181. The predicted molar refractivity (Wildman–Crippen MR) is 68.8 cm³/mol. The zero-order valence-corrected chi connectivity index (χ0v) is 10.7. The number of anilines is 1. The Bertz CT molecular complexity index is 602. The largest absolute Gasteiger partial charge is 0.573 e. The molecule has 0 spiro atoms. The average Bonchev–Trinajstić information content (AvgIpc) is 2.84. The van der Waals surface area contributed by atoms with E-state index in [4.69, 9.17) is 0 Å². The Morgan fingerprint density at radius 1 is 1.15 bits per heavy atom. The van der Waals surface area contributed by atoms with Crippen LogP contribution in [0.15, 0.2) is 18.5 Å². The van der Waals surface area contributed by atoms with Crippen LogP contribution in [-0.4, -0.2) is 29.4 Å². The number of aromatic nitrogens is 2. The summed E-state index contributed by atoms with van der Waals surface area (Å²) in [4.78, 5) is 8.82. The molecule has 0 atom stereocenters. The van der Waals surface area contributed by atoms with E-state index in [2.05, 4.69) is 14.7 Å². The summed E-state index contributed by atoms with van der Waals surface area (Å²) in [6.07, 6.45) is -0.173. The third-order valence-corrected chi connectivity index (χ3v) is 3.42. The van der Waals surface area contributed by atoms with Gasteiger partial charge in [-0.25, -0.2) is 4.98 Å². The maximum atomic E-state index is 12.5. The van der Waals surface area contributed by atoms with E-state index in [1.54, 1.807) is 6.07 Å². The minimum atomic E-state index is -4.70. The topological polar surface area (TPSA) is 41.1 Å². The standard InChI is InChI=1S/C13H14F3N3O/c14-13(15,16)20-12-7-10-9(17-8-18-10)6-11(12)19-4-2-1-3-5-19/h6-8H,1-5H2,(H,17,18). The zero-order chi connectivity index (χ0) is 14.2. The van der Waals surface area contributed by atoms with Crippen molar-refractivity contribution in [2.75, 3.05) is 18.0 Å². The number of aromatic amines is 1. The van der Waals surface area contributed by atoms with Gasteiger partial charge in [0.25, 0.3) is 0 Å². The van der Waals surface area contributed by atoms with E-state index >= 15 is 0 Å². The molecule has 1 aromatic heterocycles. The number of alkyl halides is 3. The molecule has 0 aliphatic carbocycles. The van der Waals surface area contributed by atoms with Gasteiger partial charge in [-0.1, -0.05) is 0 Å². The molecule has 4 nitrogen and oxygen atoms in total. The van der Waals surface area contributed by atoms with Crippen molar-refractivity contribution >= 4 is 16.7 Å². The van der Waals surface area contributed by atoms with Gasteiger partial charge in [-0.2, -0.15) is 0 Å². The van der Waals surface area contributed by atoms with E-state index < -0.39 is 6.36 Å². The number of hydrogen-bond acceptors (Lipinski definition) is 3. The highest BCUT2D eigenvalue weighted by atomic mass is 19.4. The smallest absolute Gasteiger partial charge is 0.403 e. The van der Waals surface area contributed by atoms with Crippen LogP contribution in [0.1, 0.15) is 19.3 Å². The number of nitrogens with zero attached hydrogens (tertiary/aromatic N) is 2. The highest BCUT2D eigenvalue weighted by Gasteiger charge is 2.33. The molecule has 0 amide bonds. The van der Waals surface area contributed by atoms with Gasteiger partial charge >= 0.3 is 6.36 Å². The SMILES string of the molecule is FC(F)(F)Oc1cc2nc[nH]c2cc1N1CCCCC1. The molecule has 108 valence electrons. The van der Waals surface area contributed by atoms with E-state index in [0.29, 0.717) is 16.7 Å². The summed E-state index contributed by atoms with van der Waals surface area (Å²) >= 11 is 0. The first-order valence-corrected chi connectivity index (χ1v) is 6.51. The fraction of sp³-hybridized carbons (Fsp3) is 0.462. The van der Waals surface area contributed by atoms with E-state index in [1.165, 1.54) is 12.4 Å². The molecule has 1 aliphatic heterocycles. The van der Waals surface area contributed by atoms with E-state index in [1.807, 2.05) is 4.90 Å². The second-order valence-corrected chi connectivity index (χ2v) is 4.84. The molecule has 7 heteroatoms. The van der Waals surface area contributed by atoms with Crippen molar-refractivity contribution in [3.63, 3.8) is 0 Å². The number of piperidine rings is 1. The van der Waals surface area contributed by atoms with Gasteiger partial charge in [0, 0.05) is 19.2 Å². The van der Waals surface area contributed by atoms with E-state index in [9.17, 15) is 13.2 Å². The van der Waals surface area contributed by atoms with Crippen molar-refractivity contribution in [1.29, 1.82) is 0 Å². The number of hydrogen-bond donors (Lipinski definition) is 1. The fourth-order valence-electron chi connectivity index (χ4n) is 2.54. The Balaban J connectivity index is 2.03. The third kappa shape index (κ3) is 2.66. The molecule has 0 radical (unpaired) electrons. The summed E-state index contributed by atoms with van der Waals surface area (Å²) in [6.45, 7) is 1.49. The molecule has 20 heavy (non-hydrogen) atoms. The lowest BCUT2D eigenvalue weighted by atomic mass is 10.1. The Morgan fingerprint density at radius 3 is 2.60 bits per heavy atom. The number of benzene rings is 1. The lowest BCUT2D eigenvalue weighted by Gasteiger charge is -2.30. The van der Waals surface area contributed by atoms with Gasteiger partial charge in [-0.3, -0.25) is 0 Å². The van der Waals surface area contributed by atoms with Gasteiger partial charge in [-0.15, -0.1) is 13.2 Å². The van der Waals surface area contributed by atoms with Crippen LogP contribution in [0.2, 0.25) is 0 Å². The Labute approximate surface area is 113 Å². The molecule has 0 bridgehead atoms. The van der Waals surface area contributed by atoms with Crippen LogP contribution in [0.4, 0.5) is 18.9 Å². The Morgan fingerprint density at radius 2 is 1.90 bits per heavy atom. The van der Waals surface area contributed by atoms with Crippen LogP contribution < -0.4 is 9.64 Å². The van der Waals surface area contributed by atoms with Crippen molar-refractivity contribution < 1.29 is 17.9 Å². The van der Waals surface area contributed by atoms with Crippen molar-refractivity contribution in [3.05, 3.63) is 18.5 Å². The lowest BCUT2D eigenvalue weighted by Crippen LogP contribution is -2.30. The summed E-state index contributed by atoms with van der Waals surface area (Å²) in [5.41, 5.74) is 1.64. The molecule has 1 saturated heterocycles. The molecule has 1 aromatic carbocycles. The first-order valence-electron chi connectivity index (χ1n) is 6.51. The summed E-state index contributed by atoms with van der Waals surface area (Å²) in [5.74, 6) is -0.181. The van der Waals surface area contributed by atoms with Crippen LogP contribution >= 0.6 is 0 Å². The summed E-state index contributed by atoms with van der Waals surface area (Å²) < 4.78 is 41.8. The number of imidazole rings is 1. The molecule has 2 aromatic rings. The maximum absolute atomic E-state index is 12.5. The molecular formula is C13H14F3N3O. The molecule has 3 rings (SSSR count). The van der Waals surface area contributed by atoms with Crippen molar-refractivity contribution in [2.45, 2.75) is 25.6 Å². The fourth-order valence-corrected chi connectivity index (χ4v) is 2.54. The number of halogens is 3. The van der Waals surface area contributed by atoms with Gasteiger partial charge in [-0.05, 0) is 25.3 Å². The van der Waals surface area contributed by atoms with Gasteiger partial charge in [0.1, 0.15) is 0 Å². The Hall–Kier alpha value is -1.92. The van der Waals surface area contributed by atoms with Crippen LogP contribution in [0.3, 0.4) is 0 Å². The first-order chi connectivity index (χ1) is 9.53. The molecule has 0 unspecified atom stereocenters. The number of H-pyrrole nitrogens is 1. The zero-order valence-electron chi connectivity index (χ0n) is 10.7. The average molecular weight is 285 g/mol. The quantitative estimate of drug-likeness (QED) is 0.918. The maximum Gasteiger partial charge on any atom is 0.573 e. The van der Waals surface area contributed by atoms with E-state index in [0.717, 1.165) is 32.4 Å². The highest BCUT2D eigenvalue weighted by molar-refractivity contribution is 5.83. The predicted octanol–water partition coefficient (Wildman–Crippen LogP) is 3.45. The molecule has 1 N–H and O–H groups in total. The van der Waals surface area contributed by atoms with Gasteiger partial charge in [0.2, 0.25) is 0 Å².